The van der Waals surface area contributed by atoms with E-state index in [1.165, 1.54) is 5.69 Å². The summed E-state index contributed by atoms with van der Waals surface area (Å²) >= 11 is 0. The number of carbonyl (C=O) groups excluding carboxylic acids is 1. The minimum absolute atomic E-state index is 0.0543. The van der Waals surface area contributed by atoms with E-state index in [0.717, 1.165) is 51.1 Å². The zero-order chi connectivity index (χ0) is 19.2. The first kappa shape index (κ1) is 18.4. The van der Waals surface area contributed by atoms with Gasteiger partial charge in [0.05, 0.1) is 0 Å². The van der Waals surface area contributed by atoms with Gasteiger partial charge in [-0.15, -0.1) is 0 Å². The first-order chi connectivity index (χ1) is 13.8. The number of H-pyrrole nitrogens is 1. The molecule has 0 bridgehead atoms. The molecule has 1 amide bonds. The molecule has 1 fully saturated rings. The third-order valence-corrected chi connectivity index (χ3v) is 5.26. The average molecular weight is 378 g/mol. The number of hydrogen-bond acceptors (Lipinski definition) is 5. The number of carbonyl (C=O) groups is 1. The van der Waals surface area contributed by atoms with E-state index in [2.05, 4.69) is 60.9 Å². The molecule has 0 aliphatic carbocycles. The number of nitrogens with zero attached hydrogens (tertiary/aromatic N) is 4. The summed E-state index contributed by atoms with van der Waals surface area (Å²) in [5, 5.41) is 13.6. The number of anilines is 1. The minimum Gasteiger partial charge on any atom is -0.369 e. The molecule has 4 rings (SSSR count). The van der Waals surface area contributed by atoms with Crippen molar-refractivity contribution in [3.63, 3.8) is 0 Å². The molecule has 1 aromatic heterocycles. The van der Waals surface area contributed by atoms with Gasteiger partial charge in [0.2, 0.25) is 0 Å². The van der Waals surface area contributed by atoms with Gasteiger partial charge in [-0.2, -0.15) is 15.4 Å². The van der Waals surface area contributed by atoms with E-state index in [-0.39, 0.29) is 5.91 Å². The molecule has 1 aliphatic heterocycles. The molecular weight excluding hydrogens is 352 g/mol. The lowest BCUT2D eigenvalue weighted by Gasteiger charge is -2.36. The molecule has 1 saturated heterocycles. The molecule has 0 saturated carbocycles. The summed E-state index contributed by atoms with van der Waals surface area (Å²) in [5.74, 6) is -0.0543. The van der Waals surface area contributed by atoms with Crippen molar-refractivity contribution >= 4 is 22.6 Å². The van der Waals surface area contributed by atoms with Gasteiger partial charge < -0.3 is 10.2 Å². The lowest BCUT2D eigenvalue weighted by atomic mass is 10.2. The van der Waals surface area contributed by atoms with E-state index in [1.54, 1.807) is 12.1 Å². The van der Waals surface area contributed by atoms with Crippen LogP contribution in [0.3, 0.4) is 0 Å². The molecule has 3 aromatic rings. The Morgan fingerprint density at radius 2 is 1.75 bits per heavy atom. The Morgan fingerprint density at radius 1 is 0.964 bits per heavy atom. The summed E-state index contributed by atoms with van der Waals surface area (Å²) in [6.07, 6.45) is 2.07. The van der Waals surface area contributed by atoms with Gasteiger partial charge in [0.25, 0.3) is 5.91 Å². The smallest absolute Gasteiger partial charge is 0.251 e. The van der Waals surface area contributed by atoms with Crippen molar-refractivity contribution in [1.82, 2.24) is 25.6 Å². The molecule has 0 unspecified atom stereocenters. The highest BCUT2D eigenvalue weighted by Crippen LogP contribution is 2.15. The molecule has 2 N–H and O–H groups in total. The number of hydrogen-bond donors (Lipinski definition) is 2. The number of aromatic nitrogens is 3. The van der Waals surface area contributed by atoms with Gasteiger partial charge >= 0.3 is 0 Å². The highest BCUT2D eigenvalue weighted by atomic mass is 16.1. The second kappa shape index (κ2) is 8.84. The molecule has 7 heteroatoms. The van der Waals surface area contributed by atoms with Crippen LogP contribution in [0.15, 0.2) is 48.5 Å². The van der Waals surface area contributed by atoms with E-state index in [0.29, 0.717) is 17.6 Å². The van der Waals surface area contributed by atoms with Crippen molar-refractivity contribution < 1.29 is 4.79 Å². The zero-order valence-corrected chi connectivity index (χ0v) is 16.0. The maximum Gasteiger partial charge on any atom is 0.251 e. The maximum atomic E-state index is 12.3. The maximum absolute atomic E-state index is 12.3. The van der Waals surface area contributed by atoms with Crippen LogP contribution in [0.5, 0.6) is 0 Å². The second-order valence-corrected chi connectivity index (χ2v) is 7.15. The monoisotopic (exact) mass is 378 g/mol. The third-order valence-electron chi connectivity index (χ3n) is 5.26. The predicted octanol–water partition coefficient (Wildman–Crippen LogP) is 2.29. The average Bonchev–Trinajstić information content (AvgIpc) is 3.22. The molecule has 28 heavy (non-hydrogen) atoms. The molecule has 1 aliphatic rings. The third kappa shape index (κ3) is 4.48. The van der Waals surface area contributed by atoms with Crippen molar-refractivity contribution in [2.75, 3.05) is 44.2 Å². The van der Waals surface area contributed by atoms with Crippen LogP contribution in [0.2, 0.25) is 0 Å². The van der Waals surface area contributed by atoms with E-state index in [1.807, 2.05) is 6.07 Å². The van der Waals surface area contributed by atoms with Gasteiger partial charge in [-0.05, 0) is 49.7 Å². The topological polar surface area (TPSA) is 77.2 Å². The predicted molar refractivity (Wildman–Crippen MR) is 111 cm³/mol. The Kier molecular flexibility index (Phi) is 5.82. The Morgan fingerprint density at radius 3 is 2.57 bits per heavy atom. The fourth-order valence-corrected chi connectivity index (χ4v) is 3.61. The van der Waals surface area contributed by atoms with E-state index in [4.69, 9.17) is 0 Å². The van der Waals surface area contributed by atoms with Crippen LogP contribution in [0.4, 0.5) is 5.69 Å². The lowest BCUT2D eigenvalue weighted by molar-refractivity contribution is 0.0952. The summed E-state index contributed by atoms with van der Waals surface area (Å²) < 4.78 is 0. The van der Waals surface area contributed by atoms with Crippen LogP contribution in [-0.2, 0) is 0 Å². The normalized spacial score (nSPS) is 15.1. The van der Waals surface area contributed by atoms with Crippen LogP contribution in [0.25, 0.3) is 11.0 Å². The van der Waals surface area contributed by atoms with Crippen LogP contribution >= 0.6 is 0 Å². The van der Waals surface area contributed by atoms with E-state index in [9.17, 15) is 4.79 Å². The van der Waals surface area contributed by atoms with Crippen molar-refractivity contribution in [2.45, 2.75) is 12.8 Å². The fourth-order valence-electron chi connectivity index (χ4n) is 3.61. The Labute approximate surface area is 164 Å². The number of nitrogens with one attached hydrogen (secondary N) is 2. The number of fused-ring (bicyclic) bond motifs is 1. The summed E-state index contributed by atoms with van der Waals surface area (Å²) in [4.78, 5) is 17.2. The molecule has 0 spiro atoms. The van der Waals surface area contributed by atoms with Crippen molar-refractivity contribution in [3.8, 4) is 0 Å². The van der Waals surface area contributed by atoms with Crippen LogP contribution in [-0.4, -0.2) is 65.5 Å². The van der Waals surface area contributed by atoms with Gasteiger partial charge in [-0.3, -0.25) is 9.69 Å². The molecule has 0 radical (unpaired) electrons. The first-order valence-corrected chi connectivity index (χ1v) is 9.91. The van der Waals surface area contributed by atoms with Crippen LogP contribution in [0.1, 0.15) is 23.2 Å². The number of para-hydroxylation sites is 1. The zero-order valence-electron chi connectivity index (χ0n) is 16.0. The molecule has 7 nitrogen and oxygen atoms in total. The fraction of sp³-hybridized carbons (Fsp3) is 0.381. The molecule has 2 heterocycles. The number of rotatable bonds is 7. The largest absolute Gasteiger partial charge is 0.369 e. The molecule has 2 aromatic carbocycles. The van der Waals surface area contributed by atoms with Crippen molar-refractivity contribution in [3.05, 3.63) is 54.1 Å². The SMILES string of the molecule is O=C(NCCCCN1CCN(c2ccccc2)CC1)c1ccc2n[nH]nc2c1. The summed E-state index contributed by atoms with van der Waals surface area (Å²) in [6.45, 7) is 6.12. The van der Waals surface area contributed by atoms with Crippen molar-refractivity contribution in [2.24, 2.45) is 0 Å². The molecular formula is C21H26N6O. The summed E-state index contributed by atoms with van der Waals surface area (Å²) in [7, 11) is 0. The quantitative estimate of drug-likeness (QED) is 0.617. The number of unbranched alkanes of at least 4 members (excludes halogenated alkanes) is 1. The van der Waals surface area contributed by atoms with Gasteiger partial charge in [-0.1, -0.05) is 18.2 Å². The van der Waals surface area contributed by atoms with Crippen LogP contribution in [0, 0.1) is 0 Å². The molecule has 146 valence electrons. The highest BCUT2D eigenvalue weighted by Gasteiger charge is 2.16. The van der Waals surface area contributed by atoms with E-state index < -0.39 is 0 Å². The number of amides is 1. The van der Waals surface area contributed by atoms with Crippen molar-refractivity contribution in [1.29, 1.82) is 0 Å². The Bertz CT molecular complexity index is 901. The lowest BCUT2D eigenvalue weighted by Crippen LogP contribution is -2.46. The van der Waals surface area contributed by atoms with Gasteiger partial charge in [0.15, 0.2) is 0 Å². The first-order valence-electron chi connectivity index (χ1n) is 9.91. The van der Waals surface area contributed by atoms with Crippen LogP contribution < -0.4 is 10.2 Å². The second-order valence-electron chi connectivity index (χ2n) is 7.15. The minimum atomic E-state index is -0.0543. The number of aromatic amines is 1. The summed E-state index contributed by atoms with van der Waals surface area (Å²) in [6, 6.07) is 16.0. The number of benzene rings is 2. The van der Waals surface area contributed by atoms with E-state index >= 15 is 0 Å². The highest BCUT2D eigenvalue weighted by molar-refractivity contribution is 5.97. The molecule has 0 atom stereocenters. The number of piperazine rings is 1. The van der Waals surface area contributed by atoms with Gasteiger partial charge in [0, 0.05) is 44.0 Å². The Hall–Kier alpha value is -2.93. The van der Waals surface area contributed by atoms with Gasteiger partial charge in [-0.25, -0.2) is 0 Å². The summed E-state index contributed by atoms with van der Waals surface area (Å²) in [5.41, 5.74) is 3.42. The standard InChI is InChI=1S/C21H26N6O/c28-21(17-8-9-19-20(16-17)24-25-23-19)22-10-4-5-11-26-12-14-27(15-13-26)18-6-2-1-3-7-18/h1-3,6-9,16H,4-5,10-15H2,(H,22,28)(H,23,24,25). The Balaban J connectivity index is 1.13. The van der Waals surface area contributed by atoms with Gasteiger partial charge in [0.1, 0.15) is 11.0 Å².